The molecule has 1 unspecified atom stereocenters. The van der Waals surface area contributed by atoms with Gasteiger partial charge in [0.2, 0.25) is 0 Å². The van der Waals surface area contributed by atoms with Crippen molar-refractivity contribution in [3.05, 3.63) is 29.8 Å². The molecule has 0 radical (unpaired) electrons. The molecule has 3 N–H and O–H groups in total. The predicted molar refractivity (Wildman–Crippen MR) is 63.7 cm³/mol. The second-order valence-electron chi connectivity index (χ2n) is 4.86. The Balaban J connectivity index is 1.59. The number of nitrogens with two attached hydrogens (primary N) is 1. The van der Waals surface area contributed by atoms with Gasteiger partial charge in [0.25, 0.3) is 5.91 Å². The van der Waals surface area contributed by atoms with Crippen molar-refractivity contribution >= 4 is 5.91 Å². The molecule has 4 heteroatoms. The van der Waals surface area contributed by atoms with Crippen LogP contribution in [-0.4, -0.2) is 24.1 Å². The lowest BCUT2D eigenvalue weighted by molar-refractivity contribution is -0.128. The van der Waals surface area contributed by atoms with Gasteiger partial charge in [-0.05, 0) is 24.5 Å². The average Bonchev–Trinajstić information content (AvgIpc) is 2.70. The van der Waals surface area contributed by atoms with Gasteiger partial charge in [-0.1, -0.05) is 18.2 Å². The van der Waals surface area contributed by atoms with Gasteiger partial charge in [-0.25, -0.2) is 0 Å². The summed E-state index contributed by atoms with van der Waals surface area (Å²) in [6, 6.07) is 8.29. The summed E-state index contributed by atoms with van der Waals surface area (Å²) in [5.41, 5.74) is 6.79. The van der Waals surface area contributed by atoms with E-state index in [1.165, 1.54) is 0 Å². The molecule has 2 aliphatic rings. The number of carbonyl (C=O) groups is 1. The Morgan fingerprint density at radius 1 is 1.35 bits per heavy atom. The molecule has 90 valence electrons. The molecular weight excluding hydrogens is 216 g/mol. The van der Waals surface area contributed by atoms with Crippen LogP contribution >= 0.6 is 0 Å². The fourth-order valence-corrected chi connectivity index (χ4v) is 2.40. The van der Waals surface area contributed by atoms with Gasteiger partial charge >= 0.3 is 0 Å². The van der Waals surface area contributed by atoms with Gasteiger partial charge < -0.3 is 15.8 Å². The van der Waals surface area contributed by atoms with Gasteiger partial charge in [-0.2, -0.15) is 0 Å². The highest BCUT2D eigenvalue weighted by molar-refractivity contribution is 5.82. The standard InChI is InChI=1S/C13H16N2O2/c14-9-6-10(7-9)15-13(16)12-5-8-3-1-2-4-11(8)17-12/h1-4,9-10,12H,5-7,14H2,(H,15,16). The third kappa shape index (κ3) is 2.00. The van der Waals surface area contributed by atoms with E-state index in [0.29, 0.717) is 6.42 Å². The van der Waals surface area contributed by atoms with Crippen molar-refractivity contribution in [2.24, 2.45) is 5.73 Å². The van der Waals surface area contributed by atoms with E-state index < -0.39 is 0 Å². The number of hydrogen-bond acceptors (Lipinski definition) is 3. The molecule has 3 rings (SSSR count). The van der Waals surface area contributed by atoms with E-state index in [-0.39, 0.29) is 24.1 Å². The number of para-hydroxylation sites is 1. The van der Waals surface area contributed by atoms with Crippen molar-refractivity contribution in [2.75, 3.05) is 0 Å². The normalized spacial score (nSPS) is 30.1. The van der Waals surface area contributed by atoms with Crippen molar-refractivity contribution in [1.29, 1.82) is 0 Å². The van der Waals surface area contributed by atoms with Crippen molar-refractivity contribution < 1.29 is 9.53 Å². The lowest BCUT2D eigenvalue weighted by Crippen LogP contribution is -2.53. The van der Waals surface area contributed by atoms with Crippen LogP contribution in [0.2, 0.25) is 0 Å². The summed E-state index contributed by atoms with van der Waals surface area (Å²) in [6.45, 7) is 0. The van der Waals surface area contributed by atoms with Gasteiger partial charge in [0.05, 0.1) is 0 Å². The van der Waals surface area contributed by atoms with E-state index in [1.807, 2.05) is 24.3 Å². The first-order valence-electron chi connectivity index (χ1n) is 6.03. The number of fused-ring (bicyclic) bond motifs is 1. The molecule has 1 amide bonds. The monoisotopic (exact) mass is 232 g/mol. The quantitative estimate of drug-likeness (QED) is 0.784. The van der Waals surface area contributed by atoms with Crippen LogP contribution in [0.3, 0.4) is 0 Å². The Labute approximate surface area is 100 Å². The molecule has 0 saturated heterocycles. The highest BCUT2D eigenvalue weighted by atomic mass is 16.5. The minimum atomic E-state index is -0.371. The lowest BCUT2D eigenvalue weighted by atomic mass is 9.87. The molecule has 1 atom stereocenters. The van der Waals surface area contributed by atoms with Gasteiger partial charge in [-0.3, -0.25) is 4.79 Å². The van der Waals surface area contributed by atoms with Crippen LogP contribution in [0.1, 0.15) is 18.4 Å². The molecule has 1 aromatic carbocycles. The smallest absolute Gasteiger partial charge is 0.261 e. The SMILES string of the molecule is NC1CC(NC(=O)C2Cc3ccccc3O2)C1. The minimum Gasteiger partial charge on any atom is -0.480 e. The van der Waals surface area contributed by atoms with Gasteiger partial charge in [-0.15, -0.1) is 0 Å². The Bertz CT molecular complexity index is 416. The van der Waals surface area contributed by atoms with E-state index in [4.69, 9.17) is 10.5 Å². The Morgan fingerprint density at radius 2 is 2.12 bits per heavy atom. The van der Waals surface area contributed by atoms with Crippen molar-refractivity contribution in [1.82, 2.24) is 5.32 Å². The third-order valence-corrected chi connectivity index (χ3v) is 3.46. The van der Waals surface area contributed by atoms with Gasteiger partial charge in [0.1, 0.15) is 5.75 Å². The fourth-order valence-electron chi connectivity index (χ4n) is 2.40. The number of hydrogen-bond donors (Lipinski definition) is 2. The van der Waals surface area contributed by atoms with Crippen molar-refractivity contribution in [2.45, 2.75) is 37.5 Å². The number of amides is 1. The molecule has 17 heavy (non-hydrogen) atoms. The van der Waals surface area contributed by atoms with Crippen molar-refractivity contribution in [3.8, 4) is 5.75 Å². The number of rotatable bonds is 2. The molecule has 0 spiro atoms. The van der Waals surface area contributed by atoms with Gasteiger partial charge in [0.15, 0.2) is 6.10 Å². The van der Waals surface area contributed by atoms with Gasteiger partial charge in [0, 0.05) is 18.5 Å². The third-order valence-electron chi connectivity index (χ3n) is 3.46. The van der Waals surface area contributed by atoms with Crippen LogP contribution in [0.25, 0.3) is 0 Å². The predicted octanol–water partition coefficient (Wildman–Crippen LogP) is 0.596. The molecular formula is C13H16N2O2. The number of benzene rings is 1. The Hall–Kier alpha value is -1.55. The zero-order chi connectivity index (χ0) is 11.8. The first kappa shape index (κ1) is 10.6. The first-order chi connectivity index (χ1) is 8.22. The largest absolute Gasteiger partial charge is 0.480 e. The van der Waals surface area contributed by atoms with Crippen LogP contribution in [-0.2, 0) is 11.2 Å². The van der Waals surface area contributed by atoms with E-state index >= 15 is 0 Å². The van der Waals surface area contributed by atoms with Crippen molar-refractivity contribution in [3.63, 3.8) is 0 Å². The molecule has 1 aromatic rings. The molecule has 1 aliphatic heterocycles. The fraction of sp³-hybridized carbons (Fsp3) is 0.462. The highest BCUT2D eigenvalue weighted by Gasteiger charge is 2.33. The molecule has 1 fully saturated rings. The second kappa shape index (κ2) is 4.04. The number of carbonyl (C=O) groups excluding carboxylic acids is 1. The maximum atomic E-state index is 11.9. The Morgan fingerprint density at radius 3 is 2.82 bits per heavy atom. The molecule has 1 heterocycles. The molecule has 4 nitrogen and oxygen atoms in total. The summed E-state index contributed by atoms with van der Waals surface area (Å²) in [6.07, 6.45) is 2.06. The van der Waals surface area contributed by atoms with Crippen LogP contribution in [0.5, 0.6) is 5.75 Å². The summed E-state index contributed by atoms with van der Waals surface area (Å²) in [4.78, 5) is 11.9. The summed E-state index contributed by atoms with van der Waals surface area (Å²) in [7, 11) is 0. The molecule has 0 bridgehead atoms. The number of nitrogens with one attached hydrogen (secondary N) is 1. The van der Waals surface area contributed by atoms with E-state index in [9.17, 15) is 4.79 Å². The van der Waals surface area contributed by atoms with Crippen LogP contribution in [0.15, 0.2) is 24.3 Å². The van der Waals surface area contributed by atoms with E-state index in [2.05, 4.69) is 5.32 Å². The topological polar surface area (TPSA) is 64.3 Å². The zero-order valence-electron chi connectivity index (χ0n) is 9.56. The highest BCUT2D eigenvalue weighted by Crippen LogP contribution is 2.28. The minimum absolute atomic E-state index is 0.0156. The Kier molecular flexibility index (Phi) is 2.52. The summed E-state index contributed by atoms with van der Waals surface area (Å²) in [5, 5.41) is 2.98. The zero-order valence-corrected chi connectivity index (χ0v) is 9.56. The second-order valence-corrected chi connectivity index (χ2v) is 4.86. The lowest BCUT2D eigenvalue weighted by Gasteiger charge is -2.33. The van der Waals surface area contributed by atoms with Crippen LogP contribution in [0.4, 0.5) is 0 Å². The van der Waals surface area contributed by atoms with E-state index in [1.54, 1.807) is 0 Å². The van der Waals surface area contributed by atoms with Crippen LogP contribution < -0.4 is 15.8 Å². The maximum absolute atomic E-state index is 11.9. The van der Waals surface area contributed by atoms with Crippen LogP contribution in [0, 0.1) is 0 Å². The first-order valence-corrected chi connectivity index (χ1v) is 6.03. The summed E-state index contributed by atoms with van der Waals surface area (Å²) >= 11 is 0. The molecule has 1 aliphatic carbocycles. The van der Waals surface area contributed by atoms with E-state index in [0.717, 1.165) is 24.2 Å². The maximum Gasteiger partial charge on any atom is 0.261 e. The molecule has 0 aromatic heterocycles. The summed E-state index contributed by atoms with van der Waals surface area (Å²) in [5.74, 6) is 0.816. The summed E-state index contributed by atoms with van der Waals surface area (Å²) < 4.78 is 5.62. The average molecular weight is 232 g/mol. The molecule has 1 saturated carbocycles. The number of ether oxygens (including phenoxy) is 1.